The zero-order valence-corrected chi connectivity index (χ0v) is 18.1. The van der Waals surface area contributed by atoms with E-state index < -0.39 is 5.82 Å². The molecule has 0 bridgehead atoms. The second-order valence-corrected chi connectivity index (χ2v) is 8.45. The van der Waals surface area contributed by atoms with Crippen LogP contribution in [-0.4, -0.2) is 55.2 Å². The standard InChI is InChI=1S/C23H24FN7O/c1-13-10-31(11-14(2)26-13)23-25-9-20(27-28-23)18-5-4-15(8-21(18)32)16-6-17-12-30(3)29-22(17)19(24)7-16/h4-9,12-14,26,32H,10-11H2,1-3H3/t13-,14+. The predicted molar refractivity (Wildman–Crippen MR) is 121 cm³/mol. The Morgan fingerprint density at radius 3 is 2.53 bits per heavy atom. The minimum atomic E-state index is -0.399. The van der Waals surface area contributed by atoms with Gasteiger partial charge in [-0.1, -0.05) is 6.07 Å². The highest BCUT2D eigenvalue weighted by Gasteiger charge is 2.23. The molecule has 1 aliphatic rings. The monoisotopic (exact) mass is 433 g/mol. The number of halogens is 1. The molecule has 5 rings (SSSR count). The highest BCUT2D eigenvalue weighted by molar-refractivity contribution is 5.85. The normalized spacial score (nSPS) is 18.9. The molecule has 2 aromatic carbocycles. The van der Waals surface area contributed by atoms with Crippen molar-refractivity contribution in [3.05, 3.63) is 48.5 Å². The van der Waals surface area contributed by atoms with Crippen molar-refractivity contribution in [2.24, 2.45) is 7.05 Å². The minimum absolute atomic E-state index is 0.0301. The van der Waals surface area contributed by atoms with E-state index >= 15 is 0 Å². The van der Waals surface area contributed by atoms with Crippen molar-refractivity contribution in [3.8, 4) is 28.1 Å². The Bertz CT molecular complexity index is 1280. The number of nitrogens with one attached hydrogen (secondary N) is 1. The van der Waals surface area contributed by atoms with Crippen molar-refractivity contribution < 1.29 is 9.50 Å². The van der Waals surface area contributed by atoms with Gasteiger partial charge in [-0.3, -0.25) is 4.68 Å². The summed E-state index contributed by atoms with van der Waals surface area (Å²) in [4.78, 5) is 6.58. The summed E-state index contributed by atoms with van der Waals surface area (Å²) in [5.74, 6) is 0.205. The van der Waals surface area contributed by atoms with Crippen molar-refractivity contribution in [3.63, 3.8) is 0 Å². The summed E-state index contributed by atoms with van der Waals surface area (Å²) in [6.45, 7) is 5.87. The van der Waals surface area contributed by atoms with Gasteiger partial charge in [0.1, 0.15) is 17.0 Å². The average molecular weight is 433 g/mol. The molecular formula is C23H24FN7O. The lowest BCUT2D eigenvalue weighted by molar-refractivity contribution is 0.402. The number of fused-ring (bicyclic) bond motifs is 1. The summed E-state index contributed by atoms with van der Waals surface area (Å²) in [6, 6.07) is 9.13. The van der Waals surface area contributed by atoms with Crippen molar-refractivity contribution in [1.82, 2.24) is 30.3 Å². The zero-order valence-electron chi connectivity index (χ0n) is 18.1. The van der Waals surface area contributed by atoms with E-state index in [-0.39, 0.29) is 5.75 Å². The van der Waals surface area contributed by atoms with E-state index in [4.69, 9.17) is 0 Å². The van der Waals surface area contributed by atoms with E-state index in [2.05, 4.69) is 44.3 Å². The van der Waals surface area contributed by atoms with Gasteiger partial charge in [-0.25, -0.2) is 9.37 Å². The molecule has 0 unspecified atom stereocenters. The van der Waals surface area contributed by atoms with Crippen LogP contribution >= 0.6 is 0 Å². The molecular weight excluding hydrogens is 409 g/mol. The van der Waals surface area contributed by atoms with Gasteiger partial charge in [0, 0.05) is 49.4 Å². The molecule has 0 spiro atoms. The Hall–Kier alpha value is -3.59. The molecule has 8 nitrogen and oxygen atoms in total. The number of phenols is 1. The quantitative estimate of drug-likeness (QED) is 0.513. The lowest BCUT2D eigenvalue weighted by Gasteiger charge is -2.35. The van der Waals surface area contributed by atoms with Crippen LogP contribution in [0, 0.1) is 5.82 Å². The first kappa shape index (κ1) is 20.3. The van der Waals surface area contributed by atoms with Crippen LogP contribution in [-0.2, 0) is 7.05 Å². The van der Waals surface area contributed by atoms with Gasteiger partial charge >= 0.3 is 0 Å². The topological polar surface area (TPSA) is 92.0 Å². The molecule has 9 heteroatoms. The van der Waals surface area contributed by atoms with Crippen molar-refractivity contribution in [2.45, 2.75) is 25.9 Å². The van der Waals surface area contributed by atoms with Crippen LogP contribution in [0.4, 0.5) is 10.3 Å². The van der Waals surface area contributed by atoms with E-state index in [0.29, 0.717) is 51.3 Å². The number of aryl methyl sites for hydroxylation is 1. The van der Waals surface area contributed by atoms with Crippen LogP contribution < -0.4 is 10.2 Å². The molecule has 3 heterocycles. The number of hydrogen-bond acceptors (Lipinski definition) is 7. The number of piperazine rings is 1. The van der Waals surface area contributed by atoms with Gasteiger partial charge < -0.3 is 15.3 Å². The molecule has 0 aliphatic carbocycles. The van der Waals surface area contributed by atoms with Crippen molar-refractivity contribution in [1.29, 1.82) is 0 Å². The fourth-order valence-corrected chi connectivity index (χ4v) is 4.33. The first-order valence-corrected chi connectivity index (χ1v) is 10.5. The number of rotatable bonds is 3. The summed E-state index contributed by atoms with van der Waals surface area (Å²) in [6.07, 6.45) is 3.38. The Labute approximate surface area is 184 Å². The number of phenolic OH excluding ortho intramolecular Hbond substituents is 1. The summed E-state index contributed by atoms with van der Waals surface area (Å²) < 4.78 is 16.0. The van der Waals surface area contributed by atoms with Crippen LogP contribution in [0.5, 0.6) is 5.75 Å². The number of benzene rings is 2. The summed E-state index contributed by atoms with van der Waals surface area (Å²) in [7, 11) is 1.75. The first-order chi connectivity index (χ1) is 15.4. The van der Waals surface area contributed by atoms with Crippen LogP contribution in [0.2, 0.25) is 0 Å². The molecule has 1 saturated heterocycles. The number of hydrogen-bond donors (Lipinski definition) is 2. The van der Waals surface area contributed by atoms with E-state index in [9.17, 15) is 9.50 Å². The Balaban J connectivity index is 1.42. The number of aromatic hydroxyl groups is 1. The highest BCUT2D eigenvalue weighted by atomic mass is 19.1. The fourth-order valence-electron chi connectivity index (χ4n) is 4.33. The number of nitrogens with zero attached hydrogens (tertiary/aromatic N) is 6. The van der Waals surface area contributed by atoms with Gasteiger partial charge in [0.15, 0.2) is 5.82 Å². The number of anilines is 1. The maximum atomic E-state index is 14.5. The predicted octanol–water partition coefficient (Wildman–Crippen LogP) is 3.12. The molecule has 2 aromatic heterocycles. The van der Waals surface area contributed by atoms with Gasteiger partial charge in [0.2, 0.25) is 5.95 Å². The molecule has 0 radical (unpaired) electrons. The SMILES string of the molecule is C[C@@H]1CN(c2ncc(-c3ccc(-c4cc(F)c5nn(C)cc5c4)cc3O)nn2)C[C@H](C)N1. The van der Waals surface area contributed by atoms with Crippen molar-refractivity contribution >= 4 is 16.9 Å². The van der Waals surface area contributed by atoms with E-state index in [0.717, 1.165) is 13.1 Å². The van der Waals surface area contributed by atoms with E-state index in [1.165, 1.54) is 6.07 Å². The summed E-state index contributed by atoms with van der Waals surface area (Å²) in [5, 5.41) is 27.5. The average Bonchev–Trinajstić information content (AvgIpc) is 3.14. The van der Waals surface area contributed by atoms with Crippen LogP contribution in [0.25, 0.3) is 33.3 Å². The second kappa shape index (κ2) is 7.83. The Morgan fingerprint density at radius 1 is 1.06 bits per heavy atom. The summed E-state index contributed by atoms with van der Waals surface area (Å²) in [5.41, 5.74) is 2.67. The van der Waals surface area contributed by atoms with Gasteiger partial charge in [-0.2, -0.15) is 5.10 Å². The third-order valence-corrected chi connectivity index (χ3v) is 5.67. The Kier molecular flexibility index (Phi) is 4.97. The second-order valence-electron chi connectivity index (χ2n) is 8.45. The molecule has 164 valence electrons. The minimum Gasteiger partial charge on any atom is -0.507 e. The third kappa shape index (κ3) is 3.75. The molecule has 4 aromatic rings. The van der Waals surface area contributed by atoms with Crippen LogP contribution in [0.15, 0.2) is 42.7 Å². The van der Waals surface area contributed by atoms with E-state index in [1.54, 1.807) is 36.3 Å². The molecule has 1 fully saturated rings. The molecule has 1 aliphatic heterocycles. The van der Waals surface area contributed by atoms with E-state index in [1.807, 2.05) is 12.1 Å². The van der Waals surface area contributed by atoms with Gasteiger partial charge in [0.05, 0.1) is 6.20 Å². The molecule has 2 N–H and O–H groups in total. The first-order valence-electron chi connectivity index (χ1n) is 10.5. The van der Waals surface area contributed by atoms with Gasteiger partial charge in [-0.05, 0) is 49.2 Å². The summed E-state index contributed by atoms with van der Waals surface area (Å²) >= 11 is 0. The van der Waals surface area contributed by atoms with Crippen LogP contribution in [0.1, 0.15) is 13.8 Å². The maximum absolute atomic E-state index is 14.5. The smallest absolute Gasteiger partial charge is 0.245 e. The molecule has 0 amide bonds. The molecule has 2 atom stereocenters. The Morgan fingerprint density at radius 2 is 1.84 bits per heavy atom. The lowest BCUT2D eigenvalue weighted by Crippen LogP contribution is -2.54. The highest BCUT2D eigenvalue weighted by Crippen LogP contribution is 2.34. The third-order valence-electron chi connectivity index (χ3n) is 5.67. The van der Waals surface area contributed by atoms with Gasteiger partial charge in [-0.15, -0.1) is 10.2 Å². The fraction of sp³-hybridized carbons (Fsp3) is 0.304. The number of aromatic nitrogens is 5. The maximum Gasteiger partial charge on any atom is 0.245 e. The molecule has 0 saturated carbocycles. The largest absolute Gasteiger partial charge is 0.507 e. The van der Waals surface area contributed by atoms with Crippen molar-refractivity contribution in [2.75, 3.05) is 18.0 Å². The molecule has 32 heavy (non-hydrogen) atoms. The zero-order chi connectivity index (χ0) is 22.4. The lowest BCUT2D eigenvalue weighted by atomic mass is 10.0. The van der Waals surface area contributed by atoms with Crippen LogP contribution in [0.3, 0.4) is 0 Å². The van der Waals surface area contributed by atoms with Gasteiger partial charge in [0.25, 0.3) is 0 Å².